The van der Waals surface area contributed by atoms with Gasteiger partial charge in [0.05, 0.1) is 18.6 Å². The monoisotopic (exact) mass is 485 g/mol. The Kier molecular flexibility index (Phi) is 8.33. The molecule has 182 valence electrons. The van der Waals surface area contributed by atoms with Crippen molar-refractivity contribution in [3.63, 3.8) is 0 Å². The molecule has 1 aliphatic rings. The van der Waals surface area contributed by atoms with Gasteiger partial charge in [0.15, 0.2) is 0 Å². The zero-order valence-corrected chi connectivity index (χ0v) is 20.5. The standard InChI is InChI=1S/C25H31N3O5S/c1-5-33-25(29)24(26-19-9-11-20(32-4)12-10-19)22-16-18(3)8-15-23(22)27-28-34(30,31)21-13-6-17(2)7-14-21/h6-7,9-14,22,24,26,28H,3,5,8,15-16H2,1-2,4H3/b27-23+/t22-,24+/m1/s1. The minimum absolute atomic E-state index is 0.123. The van der Waals surface area contributed by atoms with Crippen molar-refractivity contribution in [1.82, 2.24) is 4.83 Å². The average molecular weight is 486 g/mol. The van der Waals surface area contributed by atoms with Crippen LogP contribution in [0.25, 0.3) is 0 Å². The average Bonchev–Trinajstić information content (AvgIpc) is 2.82. The maximum atomic E-state index is 12.9. The summed E-state index contributed by atoms with van der Waals surface area (Å²) in [5, 5.41) is 7.51. The van der Waals surface area contributed by atoms with E-state index in [1.54, 1.807) is 50.4 Å². The van der Waals surface area contributed by atoms with Gasteiger partial charge in [-0.25, -0.2) is 9.63 Å². The Morgan fingerprint density at radius 1 is 1.15 bits per heavy atom. The van der Waals surface area contributed by atoms with E-state index in [-0.39, 0.29) is 11.5 Å². The second-order valence-corrected chi connectivity index (χ2v) is 9.83. The van der Waals surface area contributed by atoms with Crippen molar-refractivity contribution < 1.29 is 22.7 Å². The van der Waals surface area contributed by atoms with E-state index in [1.807, 2.05) is 6.92 Å². The number of carbonyl (C=O) groups is 1. The lowest BCUT2D eigenvalue weighted by atomic mass is 9.79. The van der Waals surface area contributed by atoms with Crippen molar-refractivity contribution in [1.29, 1.82) is 0 Å². The van der Waals surface area contributed by atoms with Gasteiger partial charge in [-0.1, -0.05) is 29.8 Å². The van der Waals surface area contributed by atoms with Gasteiger partial charge in [0.1, 0.15) is 11.8 Å². The van der Waals surface area contributed by atoms with Crippen LogP contribution in [-0.4, -0.2) is 39.9 Å². The van der Waals surface area contributed by atoms with E-state index in [1.165, 1.54) is 12.1 Å². The highest BCUT2D eigenvalue weighted by Crippen LogP contribution is 2.31. The number of hydrogen-bond donors (Lipinski definition) is 2. The molecule has 2 atom stereocenters. The molecule has 0 unspecified atom stereocenters. The summed E-state index contributed by atoms with van der Waals surface area (Å²) in [6.07, 6.45) is 1.64. The molecule has 2 N–H and O–H groups in total. The fraction of sp³-hybridized carbons (Fsp3) is 0.360. The summed E-state index contributed by atoms with van der Waals surface area (Å²) in [6, 6.07) is 12.9. The summed E-state index contributed by atoms with van der Waals surface area (Å²) in [7, 11) is -2.27. The third kappa shape index (κ3) is 6.38. The van der Waals surface area contributed by atoms with Gasteiger partial charge >= 0.3 is 5.97 Å². The number of aryl methyl sites for hydroxylation is 1. The van der Waals surface area contributed by atoms with Crippen molar-refractivity contribution >= 4 is 27.4 Å². The van der Waals surface area contributed by atoms with Crippen LogP contribution in [0.2, 0.25) is 0 Å². The van der Waals surface area contributed by atoms with Gasteiger partial charge in [-0.15, -0.1) is 0 Å². The van der Waals surface area contributed by atoms with E-state index in [0.29, 0.717) is 36.4 Å². The molecule has 1 saturated carbocycles. The maximum absolute atomic E-state index is 12.9. The highest BCUT2D eigenvalue weighted by molar-refractivity contribution is 7.89. The molecule has 1 aliphatic carbocycles. The van der Waals surface area contributed by atoms with E-state index in [2.05, 4.69) is 21.8 Å². The number of hydrazone groups is 1. The topological polar surface area (TPSA) is 106 Å². The number of nitrogens with one attached hydrogen (secondary N) is 2. The largest absolute Gasteiger partial charge is 0.497 e. The van der Waals surface area contributed by atoms with Crippen LogP contribution in [-0.2, 0) is 19.6 Å². The molecular formula is C25H31N3O5S. The van der Waals surface area contributed by atoms with Crippen LogP contribution in [0.3, 0.4) is 0 Å². The van der Waals surface area contributed by atoms with Crippen molar-refractivity contribution in [2.45, 2.75) is 44.0 Å². The molecule has 0 spiro atoms. The second kappa shape index (κ2) is 11.2. The summed E-state index contributed by atoms with van der Waals surface area (Å²) < 4.78 is 36.1. The van der Waals surface area contributed by atoms with Crippen LogP contribution in [0, 0.1) is 12.8 Å². The molecule has 2 aromatic carbocycles. The minimum atomic E-state index is -3.85. The van der Waals surface area contributed by atoms with Gasteiger partial charge in [-0.3, -0.25) is 0 Å². The summed E-state index contributed by atoms with van der Waals surface area (Å²) in [4.78, 5) is 15.4. The Hall–Kier alpha value is -3.33. The molecule has 0 amide bonds. The number of sulfonamides is 1. The predicted molar refractivity (Wildman–Crippen MR) is 132 cm³/mol. The fourth-order valence-electron chi connectivity index (χ4n) is 3.78. The number of methoxy groups -OCH3 is 1. The highest BCUT2D eigenvalue weighted by atomic mass is 32.2. The quantitative estimate of drug-likeness (QED) is 0.315. The van der Waals surface area contributed by atoms with Crippen molar-refractivity contribution in [3.05, 3.63) is 66.2 Å². The number of anilines is 1. The molecule has 1 fully saturated rings. The fourth-order valence-corrected chi connectivity index (χ4v) is 4.62. The van der Waals surface area contributed by atoms with E-state index >= 15 is 0 Å². The number of rotatable bonds is 9. The first-order valence-electron chi connectivity index (χ1n) is 11.1. The Balaban J connectivity index is 1.89. The van der Waals surface area contributed by atoms with E-state index in [9.17, 15) is 13.2 Å². The summed E-state index contributed by atoms with van der Waals surface area (Å²) >= 11 is 0. The lowest BCUT2D eigenvalue weighted by molar-refractivity contribution is -0.144. The van der Waals surface area contributed by atoms with Crippen molar-refractivity contribution in [2.75, 3.05) is 19.0 Å². The summed E-state index contributed by atoms with van der Waals surface area (Å²) in [5.74, 6) is -0.174. The van der Waals surface area contributed by atoms with E-state index in [0.717, 1.165) is 11.1 Å². The molecule has 9 heteroatoms. The molecule has 0 bridgehead atoms. The van der Waals surface area contributed by atoms with Crippen LogP contribution in [0.5, 0.6) is 5.75 Å². The zero-order valence-electron chi connectivity index (χ0n) is 19.7. The Bertz CT molecular complexity index is 1140. The van der Waals surface area contributed by atoms with Gasteiger partial charge < -0.3 is 14.8 Å². The molecule has 3 rings (SSSR count). The molecule has 34 heavy (non-hydrogen) atoms. The van der Waals surface area contributed by atoms with Crippen molar-refractivity contribution in [2.24, 2.45) is 11.0 Å². The smallest absolute Gasteiger partial charge is 0.329 e. The molecule has 2 aromatic rings. The van der Waals surface area contributed by atoms with Gasteiger partial charge in [0, 0.05) is 17.3 Å². The molecule has 0 radical (unpaired) electrons. The van der Waals surface area contributed by atoms with Crippen molar-refractivity contribution in [3.8, 4) is 5.75 Å². The van der Waals surface area contributed by atoms with Crippen LogP contribution in [0.15, 0.2) is 70.7 Å². The van der Waals surface area contributed by atoms with Gasteiger partial charge in [0.2, 0.25) is 0 Å². The summed E-state index contributed by atoms with van der Waals surface area (Å²) in [5.41, 5.74) is 3.20. The van der Waals surface area contributed by atoms with E-state index < -0.39 is 28.0 Å². The Morgan fingerprint density at radius 2 is 1.82 bits per heavy atom. The molecule has 8 nitrogen and oxygen atoms in total. The first-order valence-corrected chi connectivity index (χ1v) is 12.6. The molecule has 0 aromatic heterocycles. The Labute approximate surface area is 201 Å². The number of carbonyl (C=O) groups excluding carboxylic acids is 1. The normalized spacial score (nSPS) is 18.3. The molecule has 0 heterocycles. The number of hydrogen-bond acceptors (Lipinski definition) is 7. The number of benzene rings is 2. The van der Waals surface area contributed by atoms with Crippen LogP contribution in [0.1, 0.15) is 31.7 Å². The van der Waals surface area contributed by atoms with Crippen LogP contribution in [0.4, 0.5) is 5.69 Å². The van der Waals surface area contributed by atoms with Gasteiger partial charge in [-0.2, -0.15) is 13.5 Å². The van der Waals surface area contributed by atoms with E-state index in [4.69, 9.17) is 9.47 Å². The lowest BCUT2D eigenvalue weighted by Gasteiger charge is -2.32. The number of esters is 1. The van der Waals surface area contributed by atoms with Crippen LogP contribution < -0.4 is 14.9 Å². The number of allylic oxidation sites excluding steroid dienone is 1. The zero-order chi connectivity index (χ0) is 24.7. The molecule has 0 saturated heterocycles. The first kappa shape index (κ1) is 25.3. The lowest BCUT2D eigenvalue weighted by Crippen LogP contribution is -2.44. The first-order chi connectivity index (χ1) is 16.2. The summed E-state index contributed by atoms with van der Waals surface area (Å²) in [6.45, 7) is 7.94. The third-order valence-electron chi connectivity index (χ3n) is 5.67. The maximum Gasteiger partial charge on any atom is 0.329 e. The molecular weight excluding hydrogens is 454 g/mol. The predicted octanol–water partition coefficient (Wildman–Crippen LogP) is 4.04. The number of ether oxygens (including phenoxy) is 2. The Morgan fingerprint density at radius 3 is 2.44 bits per heavy atom. The third-order valence-corrected chi connectivity index (χ3v) is 6.89. The van der Waals surface area contributed by atoms with Crippen LogP contribution >= 0.6 is 0 Å². The SMILES string of the molecule is C=C1CC/C(=N\NS(=O)(=O)c2ccc(C)cc2)[C@H]([C@H](Nc2ccc(OC)cc2)C(=O)OCC)C1. The second-order valence-electron chi connectivity index (χ2n) is 8.17. The number of nitrogens with zero attached hydrogens (tertiary/aromatic N) is 1. The van der Waals surface area contributed by atoms with Gasteiger partial charge in [0.25, 0.3) is 10.0 Å². The molecule has 0 aliphatic heterocycles. The minimum Gasteiger partial charge on any atom is -0.497 e. The van der Waals surface area contributed by atoms with Gasteiger partial charge in [-0.05, 0) is 69.5 Å². The highest BCUT2D eigenvalue weighted by Gasteiger charge is 2.36.